The second-order valence-corrected chi connectivity index (χ2v) is 3.79. The lowest BCUT2D eigenvalue weighted by atomic mass is 10.1. The van der Waals surface area contributed by atoms with E-state index in [4.69, 9.17) is 11.5 Å². The number of nitrogens with zero attached hydrogens (tertiary/aromatic N) is 1. The summed E-state index contributed by atoms with van der Waals surface area (Å²) in [4.78, 5) is 26.2. The van der Waals surface area contributed by atoms with E-state index >= 15 is 0 Å². The highest BCUT2D eigenvalue weighted by Gasteiger charge is 2.18. The van der Waals surface area contributed by atoms with E-state index in [9.17, 15) is 9.59 Å². The van der Waals surface area contributed by atoms with Crippen LogP contribution in [0.3, 0.4) is 0 Å². The molecule has 0 saturated heterocycles. The fourth-order valence-corrected chi connectivity index (χ4v) is 1.35. The molecule has 6 heteroatoms. The summed E-state index contributed by atoms with van der Waals surface area (Å²) in [6.07, 6.45) is 3.15. The van der Waals surface area contributed by atoms with Crippen molar-refractivity contribution in [1.82, 2.24) is 10.3 Å². The lowest BCUT2D eigenvalue weighted by Gasteiger charge is -2.16. The Morgan fingerprint density at radius 1 is 1.53 bits per heavy atom. The van der Waals surface area contributed by atoms with E-state index in [1.807, 2.05) is 13.0 Å². The summed E-state index contributed by atoms with van der Waals surface area (Å²) in [5.41, 5.74) is 11.3. The number of amides is 2. The number of rotatable bonds is 5. The number of carbonyl (C=O) groups is 2. The van der Waals surface area contributed by atoms with Gasteiger partial charge in [-0.3, -0.25) is 14.6 Å². The molecule has 0 aliphatic carbocycles. The standard InChI is InChI=1S/C11H16N4O2/c1-7(8-3-2-4-14-6-8)15-11(17)9(12)5-10(13)16/h2-4,6-7,9H,5,12H2,1H3,(H2,13,16)(H,15,17)/t7-,9-/m0/s1. The fraction of sp³-hybridized carbons (Fsp3) is 0.364. The van der Waals surface area contributed by atoms with Gasteiger partial charge in [-0.05, 0) is 18.6 Å². The third kappa shape index (κ3) is 4.20. The fourth-order valence-electron chi connectivity index (χ4n) is 1.35. The van der Waals surface area contributed by atoms with Crippen molar-refractivity contribution in [3.63, 3.8) is 0 Å². The molecule has 92 valence electrons. The summed E-state index contributed by atoms with van der Waals surface area (Å²) >= 11 is 0. The van der Waals surface area contributed by atoms with Crippen LogP contribution in [0.5, 0.6) is 0 Å². The van der Waals surface area contributed by atoms with Gasteiger partial charge in [-0.1, -0.05) is 6.07 Å². The Morgan fingerprint density at radius 2 is 2.24 bits per heavy atom. The molecule has 0 unspecified atom stereocenters. The van der Waals surface area contributed by atoms with Gasteiger partial charge in [0.05, 0.1) is 18.5 Å². The zero-order valence-corrected chi connectivity index (χ0v) is 9.59. The highest BCUT2D eigenvalue weighted by atomic mass is 16.2. The average Bonchev–Trinajstić information content (AvgIpc) is 2.29. The maximum atomic E-state index is 11.6. The zero-order valence-electron chi connectivity index (χ0n) is 9.59. The Bertz CT molecular complexity index is 394. The van der Waals surface area contributed by atoms with Crippen molar-refractivity contribution in [2.75, 3.05) is 0 Å². The highest BCUT2D eigenvalue weighted by Crippen LogP contribution is 2.09. The van der Waals surface area contributed by atoms with Crippen LogP contribution in [-0.4, -0.2) is 22.8 Å². The van der Waals surface area contributed by atoms with Gasteiger partial charge < -0.3 is 16.8 Å². The Hall–Kier alpha value is -1.95. The van der Waals surface area contributed by atoms with Gasteiger partial charge in [0.2, 0.25) is 11.8 Å². The number of pyridine rings is 1. The van der Waals surface area contributed by atoms with Crippen LogP contribution in [0.25, 0.3) is 0 Å². The molecule has 0 fully saturated rings. The molecule has 2 atom stereocenters. The molecule has 1 aromatic heterocycles. The van der Waals surface area contributed by atoms with E-state index < -0.39 is 17.9 Å². The molecule has 0 aliphatic heterocycles. The number of aromatic nitrogens is 1. The van der Waals surface area contributed by atoms with Crippen LogP contribution in [0.1, 0.15) is 24.9 Å². The third-order valence-corrected chi connectivity index (χ3v) is 2.30. The van der Waals surface area contributed by atoms with Gasteiger partial charge in [-0.2, -0.15) is 0 Å². The molecule has 0 radical (unpaired) electrons. The number of hydrogen-bond acceptors (Lipinski definition) is 4. The Kier molecular flexibility index (Phi) is 4.59. The van der Waals surface area contributed by atoms with E-state index in [0.29, 0.717) is 0 Å². The minimum absolute atomic E-state index is 0.161. The van der Waals surface area contributed by atoms with Gasteiger partial charge in [-0.25, -0.2) is 0 Å². The molecule has 0 aliphatic rings. The van der Waals surface area contributed by atoms with Crippen LogP contribution < -0.4 is 16.8 Å². The van der Waals surface area contributed by atoms with E-state index in [0.717, 1.165) is 5.56 Å². The van der Waals surface area contributed by atoms with Crippen molar-refractivity contribution >= 4 is 11.8 Å². The highest BCUT2D eigenvalue weighted by molar-refractivity contribution is 5.87. The summed E-state index contributed by atoms with van der Waals surface area (Å²) in [5.74, 6) is -0.998. The predicted octanol–water partition coefficient (Wildman–Crippen LogP) is -0.538. The molecule has 0 spiro atoms. The molecular weight excluding hydrogens is 220 g/mol. The molecule has 1 aromatic rings. The normalized spacial score (nSPS) is 13.8. The third-order valence-electron chi connectivity index (χ3n) is 2.30. The Labute approximate surface area is 99.4 Å². The van der Waals surface area contributed by atoms with Gasteiger partial charge in [0, 0.05) is 12.4 Å². The van der Waals surface area contributed by atoms with E-state index in [1.54, 1.807) is 18.5 Å². The molecular formula is C11H16N4O2. The van der Waals surface area contributed by atoms with Gasteiger partial charge in [-0.15, -0.1) is 0 Å². The van der Waals surface area contributed by atoms with Crippen molar-refractivity contribution < 1.29 is 9.59 Å². The summed E-state index contributed by atoms with van der Waals surface area (Å²) in [7, 11) is 0. The Balaban J connectivity index is 2.54. The second-order valence-electron chi connectivity index (χ2n) is 3.79. The summed E-state index contributed by atoms with van der Waals surface area (Å²) in [6.45, 7) is 1.81. The molecule has 1 rings (SSSR count). The zero-order chi connectivity index (χ0) is 12.8. The molecule has 17 heavy (non-hydrogen) atoms. The molecule has 1 heterocycles. The van der Waals surface area contributed by atoms with Crippen molar-refractivity contribution in [3.8, 4) is 0 Å². The SMILES string of the molecule is C[C@H](NC(=O)[C@@H](N)CC(N)=O)c1cccnc1. The van der Waals surface area contributed by atoms with Gasteiger partial charge in [0.25, 0.3) is 0 Å². The lowest BCUT2D eigenvalue weighted by Crippen LogP contribution is -2.43. The maximum absolute atomic E-state index is 11.6. The number of carbonyl (C=O) groups excluding carboxylic acids is 2. The van der Waals surface area contributed by atoms with E-state index in [1.165, 1.54) is 0 Å². The second kappa shape index (κ2) is 5.95. The average molecular weight is 236 g/mol. The van der Waals surface area contributed by atoms with Crippen LogP contribution in [0.2, 0.25) is 0 Å². The first kappa shape index (κ1) is 13.1. The van der Waals surface area contributed by atoms with Gasteiger partial charge in [0.15, 0.2) is 0 Å². The number of nitrogens with two attached hydrogens (primary N) is 2. The van der Waals surface area contributed by atoms with Crippen molar-refractivity contribution in [1.29, 1.82) is 0 Å². The Morgan fingerprint density at radius 3 is 2.76 bits per heavy atom. The quantitative estimate of drug-likeness (QED) is 0.637. The number of hydrogen-bond donors (Lipinski definition) is 3. The molecule has 2 amide bonds. The van der Waals surface area contributed by atoms with Crippen molar-refractivity contribution in [3.05, 3.63) is 30.1 Å². The predicted molar refractivity (Wildman–Crippen MR) is 62.6 cm³/mol. The summed E-state index contributed by atoms with van der Waals surface area (Å²) in [6, 6.07) is 2.50. The first-order valence-electron chi connectivity index (χ1n) is 5.25. The topological polar surface area (TPSA) is 111 Å². The smallest absolute Gasteiger partial charge is 0.237 e. The maximum Gasteiger partial charge on any atom is 0.237 e. The minimum atomic E-state index is -0.911. The van der Waals surface area contributed by atoms with Gasteiger partial charge in [0.1, 0.15) is 0 Å². The van der Waals surface area contributed by atoms with Crippen LogP contribution >= 0.6 is 0 Å². The van der Waals surface area contributed by atoms with E-state index in [-0.39, 0.29) is 12.5 Å². The monoisotopic (exact) mass is 236 g/mol. The van der Waals surface area contributed by atoms with Gasteiger partial charge >= 0.3 is 0 Å². The molecule has 0 aromatic carbocycles. The largest absolute Gasteiger partial charge is 0.370 e. The van der Waals surface area contributed by atoms with Crippen molar-refractivity contribution in [2.45, 2.75) is 25.4 Å². The molecule has 0 saturated carbocycles. The van der Waals surface area contributed by atoms with Crippen LogP contribution in [-0.2, 0) is 9.59 Å². The number of nitrogens with one attached hydrogen (secondary N) is 1. The first-order valence-corrected chi connectivity index (χ1v) is 5.25. The first-order chi connectivity index (χ1) is 8.00. The van der Waals surface area contributed by atoms with E-state index in [2.05, 4.69) is 10.3 Å². The van der Waals surface area contributed by atoms with Crippen LogP contribution in [0.4, 0.5) is 0 Å². The van der Waals surface area contributed by atoms with Crippen LogP contribution in [0.15, 0.2) is 24.5 Å². The van der Waals surface area contributed by atoms with Crippen LogP contribution in [0, 0.1) is 0 Å². The molecule has 5 N–H and O–H groups in total. The van der Waals surface area contributed by atoms with Crippen molar-refractivity contribution in [2.24, 2.45) is 11.5 Å². The minimum Gasteiger partial charge on any atom is -0.370 e. The summed E-state index contributed by atoms with van der Waals surface area (Å²) in [5, 5.41) is 2.69. The summed E-state index contributed by atoms with van der Waals surface area (Å²) < 4.78 is 0. The molecule has 0 bridgehead atoms. The number of primary amides is 1. The molecule has 6 nitrogen and oxygen atoms in total. The lowest BCUT2D eigenvalue weighted by molar-refractivity contribution is -0.126.